The minimum atomic E-state index is 0.277. The van der Waals surface area contributed by atoms with Crippen LogP contribution in [-0.4, -0.2) is 59.4 Å². The average molecular weight is 356 g/mol. The standard InChI is InChI=1S/C18H24N6O2/c1-25-15-10-20-17(21-11-15)22-14-3-7-24(12-14)18-19-6-2-16(23-18)13-4-8-26-9-5-13/h2,6,10-11,13-14H,3-5,7-9,12H2,1H3,(H,20,21,22). The van der Waals surface area contributed by atoms with Gasteiger partial charge in [0.2, 0.25) is 11.9 Å². The van der Waals surface area contributed by atoms with Crippen molar-refractivity contribution in [2.75, 3.05) is 43.6 Å². The van der Waals surface area contributed by atoms with Crippen molar-refractivity contribution in [1.82, 2.24) is 19.9 Å². The summed E-state index contributed by atoms with van der Waals surface area (Å²) in [6, 6.07) is 2.31. The molecule has 0 spiro atoms. The molecule has 2 aromatic rings. The maximum Gasteiger partial charge on any atom is 0.225 e. The first-order valence-corrected chi connectivity index (χ1v) is 9.10. The summed E-state index contributed by atoms with van der Waals surface area (Å²) < 4.78 is 10.5. The highest BCUT2D eigenvalue weighted by Gasteiger charge is 2.26. The summed E-state index contributed by atoms with van der Waals surface area (Å²) in [5, 5.41) is 3.38. The molecule has 2 aromatic heterocycles. The van der Waals surface area contributed by atoms with Gasteiger partial charge in [0.05, 0.1) is 19.5 Å². The van der Waals surface area contributed by atoms with E-state index in [1.165, 1.54) is 0 Å². The number of aromatic nitrogens is 4. The fourth-order valence-electron chi connectivity index (χ4n) is 3.47. The van der Waals surface area contributed by atoms with Crippen LogP contribution in [0.2, 0.25) is 0 Å². The molecule has 0 aromatic carbocycles. The number of anilines is 2. The quantitative estimate of drug-likeness (QED) is 0.869. The van der Waals surface area contributed by atoms with Crippen molar-refractivity contribution in [3.63, 3.8) is 0 Å². The van der Waals surface area contributed by atoms with Crippen LogP contribution in [0, 0.1) is 0 Å². The number of ether oxygens (including phenoxy) is 2. The molecule has 2 saturated heterocycles. The van der Waals surface area contributed by atoms with Crippen molar-refractivity contribution in [2.24, 2.45) is 0 Å². The van der Waals surface area contributed by atoms with Crippen LogP contribution in [0.3, 0.4) is 0 Å². The van der Waals surface area contributed by atoms with E-state index in [2.05, 4.69) is 25.2 Å². The summed E-state index contributed by atoms with van der Waals surface area (Å²) in [7, 11) is 1.61. The van der Waals surface area contributed by atoms with Crippen molar-refractivity contribution in [3.8, 4) is 5.75 Å². The highest BCUT2D eigenvalue weighted by Crippen LogP contribution is 2.27. The van der Waals surface area contributed by atoms with E-state index in [0.717, 1.165) is 57.2 Å². The lowest BCUT2D eigenvalue weighted by Gasteiger charge is -2.23. The normalized spacial score (nSPS) is 21.0. The first-order valence-electron chi connectivity index (χ1n) is 9.10. The van der Waals surface area contributed by atoms with Crippen LogP contribution < -0.4 is 15.0 Å². The molecule has 26 heavy (non-hydrogen) atoms. The fourth-order valence-corrected chi connectivity index (χ4v) is 3.47. The Morgan fingerprint density at radius 2 is 1.96 bits per heavy atom. The zero-order valence-corrected chi connectivity index (χ0v) is 15.0. The second kappa shape index (κ2) is 7.82. The number of hydrogen-bond donors (Lipinski definition) is 1. The summed E-state index contributed by atoms with van der Waals surface area (Å²) in [6.07, 6.45) is 8.29. The number of hydrogen-bond acceptors (Lipinski definition) is 8. The SMILES string of the molecule is COc1cnc(NC2CCN(c3nccc(C4CCOCC4)n3)C2)nc1. The van der Waals surface area contributed by atoms with E-state index in [9.17, 15) is 0 Å². The molecule has 0 amide bonds. The molecule has 4 rings (SSSR count). The maximum atomic E-state index is 5.45. The molecule has 0 radical (unpaired) electrons. The molecule has 0 saturated carbocycles. The number of nitrogens with zero attached hydrogens (tertiary/aromatic N) is 5. The minimum Gasteiger partial charge on any atom is -0.494 e. The van der Waals surface area contributed by atoms with Gasteiger partial charge in [-0.05, 0) is 25.3 Å². The molecule has 8 heteroatoms. The van der Waals surface area contributed by atoms with Gasteiger partial charge in [0.1, 0.15) is 0 Å². The number of methoxy groups -OCH3 is 1. The minimum absolute atomic E-state index is 0.277. The third-order valence-corrected chi connectivity index (χ3v) is 4.97. The van der Waals surface area contributed by atoms with Crippen LogP contribution in [0.25, 0.3) is 0 Å². The highest BCUT2D eigenvalue weighted by molar-refractivity contribution is 5.37. The predicted octanol–water partition coefficient (Wildman–Crippen LogP) is 1.86. The summed E-state index contributed by atoms with van der Waals surface area (Å²) in [6.45, 7) is 3.40. The molecule has 2 fully saturated rings. The molecular weight excluding hydrogens is 332 g/mol. The smallest absolute Gasteiger partial charge is 0.225 e. The molecule has 0 aliphatic carbocycles. The van der Waals surface area contributed by atoms with E-state index in [4.69, 9.17) is 14.5 Å². The second-order valence-corrected chi connectivity index (χ2v) is 6.69. The third kappa shape index (κ3) is 3.85. The van der Waals surface area contributed by atoms with E-state index >= 15 is 0 Å². The Labute approximate surface area is 153 Å². The summed E-state index contributed by atoms with van der Waals surface area (Å²) in [5.41, 5.74) is 1.13. The van der Waals surface area contributed by atoms with E-state index in [0.29, 0.717) is 17.6 Å². The van der Waals surface area contributed by atoms with Gasteiger partial charge < -0.3 is 19.7 Å². The topological polar surface area (TPSA) is 85.3 Å². The molecule has 2 aliphatic rings. The molecule has 1 N–H and O–H groups in total. The van der Waals surface area contributed by atoms with Crippen LogP contribution in [0.1, 0.15) is 30.9 Å². The van der Waals surface area contributed by atoms with Gasteiger partial charge in [-0.3, -0.25) is 0 Å². The molecule has 1 unspecified atom stereocenters. The Kier molecular flexibility index (Phi) is 5.10. The lowest BCUT2D eigenvalue weighted by molar-refractivity contribution is 0.0845. The van der Waals surface area contributed by atoms with Gasteiger partial charge >= 0.3 is 0 Å². The van der Waals surface area contributed by atoms with Gasteiger partial charge in [-0.1, -0.05) is 0 Å². The molecule has 8 nitrogen and oxygen atoms in total. The predicted molar refractivity (Wildman–Crippen MR) is 97.7 cm³/mol. The monoisotopic (exact) mass is 356 g/mol. The summed E-state index contributed by atoms with van der Waals surface area (Å²) in [5.74, 6) is 2.57. The van der Waals surface area contributed by atoms with Crippen LogP contribution in [0.5, 0.6) is 5.75 Å². The van der Waals surface area contributed by atoms with Gasteiger partial charge in [0, 0.05) is 50.2 Å². The lowest BCUT2D eigenvalue weighted by Crippen LogP contribution is -2.28. The first kappa shape index (κ1) is 17.0. The Balaban J connectivity index is 1.38. The molecule has 2 aliphatic heterocycles. The van der Waals surface area contributed by atoms with Gasteiger partial charge in [-0.15, -0.1) is 0 Å². The van der Waals surface area contributed by atoms with Gasteiger partial charge in [-0.25, -0.2) is 19.9 Å². The summed E-state index contributed by atoms with van der Waals surface area (Å²) in [4.78, 5) is 20.1. The van der Waals surface area contributed by atoms with Gasteiger partial charge in [-0.2, -0.15) is 0 Å². The zero-order chi connectivity index (χ0) is 17.8. The molecule has 4 heterocycles. The second-order valence-electron chi connectivity index (χ2n) is 6.69. The average Bonchev–Trinajstić information content (AvgIpc) is 3.18. The van der Waals surface area contributed by atoms with Crippen molar-refractivity contribution < 1.29 is 9.47 Å². The lowest BCUT2D eigenvalue weighted by atomic mass is 9.96. The van der Waals surface area contributed by atoms with Crippen molar-refractivity contribution >= 4 is 11.9 Å². The fraction of sp³-hybridized carbons (Fsp3) is 0.556. The molecule has 1 atom stereocenters. The number of nitrogens with one attached hydrogen (secondary N) is 1. The van der Waals surface area contributed by atoms with E-state index < -0.39 is 0 Å². The Bertz CT molecular complexity index is 720. The molecule has 138 valence electrons. The first-order chi connectivity index (χ1) is 12.8. The van der Waals surface area contributed by atoms with Crippen LogP contribution in [0.15, 0.2) is 24.7 Å². The highest BCUT2D eigenvalue weighted by atomic mass is 16.5. The van der Waals surface area contributed by atoms with E-state index in [-0.39, 0.29) is 6.04 Å². The Morgan fingerprint density at radius 3 is 2.73 bits per heavy atom. The number of rotatable bonds is 5. The van der Waals surface area contributed by atoms with Crippen molar-refractivity contribution in [3.05, 3.63) is 30.4 Å². The third-order valence-electron chi connectivity index (χ3n) is 4.97. The van der Waals surface area contributed by atoms with E-state index in [1.807, 2.05) is 12.3 Å². The van der Waals surface area contributed by atoms with Crippen molar-refractivity contribution in [2.45, 2.75) is 31.2 Å². The van der Waals surface area contributed by atoms with Crippen LogP contribution in [-0.2, 0) is 4.74 Å². The van der Waals surface area contributed by atoms with Crippen LogP contribution in [0.4, 0.5) is 11.9 Å². The van der Waals surface area contributed by atoms with Crippen LogP contribution >= 0.6 is 0 Å². The largest absolute Gasteiger partial charge is 0.494 e. The molecular formula is C18H24N6O2. The van der Waals surface area contributed by atoms with Crippen molar-refractivity contribution in [1.29, 1.82) is 0 Å². The molecule has 0 bridgehead atoms. The van der Waals surface area contributed by atoms with Gasteiger partial charge in [0.25, 0.3) is 0 Å². The van der Waals surface area contributed by atoms with Gasteiger partial charge in [0.15, 0.2) is 5.75 Å². The Morgan fingerprint density at radius 1 is 1.15 bits per heavy atom. The maximum absolute atomic E-state index is 5.45. The zero-order valence-electron chi connectivity index (χ0n) is 15.0. The Hall–Kier alpha value is -2.48. The summed E-state index contributed by atoms with van der Waals surface area (Å²) >= 11 is 0. The van der Waals surface area contributed by atoms with E-state index in [1.54, 1.807) is 19.5 Å².